The number of guanidine groups is 1. The van der Waals surface area contributed by atoms with E-state index in [9.17, 15) is 30.0 Å². The summed E-state index contributed by atoms with van der Waals surface area (Å²) in [5.41, 5.74) is 25.4. The number of aliphatic hydroxyl groups excluding tert-OH is 5. The van der Waals surface area contributed by atoms with Crippen molar-refractivity contribution in [2.24, 2.45) is 16.5 Å². The van der Waals surface area contributed by atoms with Crippen molar-refractivity contribution in [3.05, 3.63) is 80.8 Å². The van der Waals surface area contributed by atoms with Crippen LogP contribution in [0.4, 0.5) is 11.5 Å². The number of nitrogens with one attached hydrogen (secondary N) is 2. The van der Waals surface area contributed by atoms with Crippen LogP contribution in [-0.2, 0) is 36.9 Å². The molecule has 0 saturated carbocycles. The predicted octanol–water partition coefficient (Wildman–Crippen LogP) is 2.73. The van der Waals surface area contributed by atoms with Crippen LogP contribution < -0.4 is 27.8 Å². The van der Waals surface area contributed by atoms with Crippen molar-refractivity contribution in [2.75, 3.05) is 43.8 Å². The van der Waals surface area contributed by atoms with Crippen molar-refractivity contribution in [1.82, 2.24) is 20.2 Å². The smallest absolute Gasteiger partial charge is 0.280 e. The van der Waals surface area contributed by atoms with E-state index in [0.717, 1.165) is 101 Å². The molecule has 5 atom stereocenters. The Bertz CT molecular complexity index is 1920. The molecule has 0 saturated heterocycles. The second-order valence-corrected chi connectivity index (χ2v) is 16.7. The minimum absolute atomic E-state index is 0.0366. The second kappa shape index (κ2) is 25.8. The summed E-state index contributed by atoms with van der Waals surface area (Å²) in [6.07, 6.45) is 6.72. The fourth-order valence-electron chi connectivity index (χ4n) is 7.79. The molecule has 3 aromatic rings. The van der Waals surface area contributed by atoms with Crippen molar-refractivity contribution in [3.8, 4) is 0 Å². The van der Waals surface area contributed by atoms with E-state index in [1.54, 1.807) is 6.92 Å². The number of halogens is 1. The molecule has 2 amide bonds. The number of hydrogen-bond donors (Lipinski definition) is 10. The molecular weight excluding hydrogens is 814 g/mol. The van der Waals surface area contributed by atoms with Gasteiger partial charge in [0.1, 0.15) is 18.3 Å². The molecule has 0 fully saturated rings. The zero-order valence-electron chi connectivity index (χ0n) is 36.2. The molecule has 0 unspecified atom stereocenters. The number of carbonyl (C=O) groups excluding carboxylic acids is 2. The number of unbranched alkanes of at least 4 members (excludes halogenated alkanes) is 4. The summed E-state index contributed by atoms with van der Waals surface area (Å²) in [6, 6.07) is 11.2. The van der Waals surface area contributed by atoms with E-state index in [0.29, 0.717) is 30.9 Å². The Kier molecular flexibility index (Phi) is 20.9. The standard InChI is InChI=1S/C45H68ClN9O7/c1-3-4-5-10-23-55(26-36(57)39(59)40(60)37(58)27-56)24-11-12-29-16-20-32(21-17-29)52-43(61)35(47)25-31-19-18-30(33-14-6-7-15-34(31)33)13-8-9-22-50-45(49)54-44(62)38-42(48)51-28(2)41(46)53-38/h16-21,35-37,39-40,56-60H,3-15,22-27,47H2,1-2H3,(H2,48,51)(H,52,61)(H3,49,50,54,62)/t35-,36-,37+,39+,40+/m0/s1. The van der Waals surface area contributed by atoms with Crippen LogP contribution in [0, 0.1) is 6.92 Å². The quantitative estimate of drug-likeness (QED) is 0.0334. The minimum Gasteiger partial charge on any atom is -0.394 e. The van der Waals surface area contributed by atoms with Gasteiger partial charge < -0.3 is 53.0 Å². The van der Waals surface area contributed by atoms with Gasteiger partial charge in [0.2, 0.25) is 5.91 Å². The number of anilines is 2. The predicted molar refractivity (Wildman–Crippen MR) is 243 cm³/mol. The molecule has 17 heteroatoms. The summed E-state index contributed by atoms with van der Waals surface area (Å²) in [6.45, 7) is 4.99. The lowest BCUT2D eigenvalue weighted by atomic mass is 9.82. The maximum absolute atomic E-state index is 13.3. The fourth-order valence-corrected chi connectivity index (χ4v) is 7.91. The lowest BCUT2D eigenvalue weighted by Gasteiger charge is -2.30. The number of amides is 2. The number of aryl methyl sites for hydroxylation is 3. The third-order valence-corrected chi connectivity index (χ3v) is 11.8. The summed E-state index contributed by atoms with van der Waals surface area (Å²) in [5.74, 6) is -0.963. The van der Waals surface area contributed by atoms with Gasteiger partial charge in [-0.1, -0.05) is 62.1 Å². The number of rotatable bonds is 25. The Morgan fingerprint density at radius 3 is 2.23 bits per heavy atom. The van der Waals surface area contributed by atoms with Gasteiger partial charge in [-0.25, -0.2) is 9.97 Å². The summed E-state index contributed by atoms with van der Waals surface area (Å²) in [7, 11) is 0. The first-order valence-corrected chi connectivity index (χ1v) is 22.3. The van der Waals surface area contributed by atoms with Gasteiger partial charge in [-0.2, -0.15) is 0 Å². The SMILES string of the molecule is CCCCCCN(CCCc1ccc(NC(=O)[C@@H](N)Cc2ccc(CCCCN=C(N)NC(=O)c3nc(Cl)c(C)nc3N)c3c2CCCC3)cc1)C[C@H](O)[C@@H](O)[C@H](O)[C@H](O)CO. The van der Waals surface area contributed by atoms with E-state index in [-0.39, 0.29) is 35.1 Å². The van der Waals surface area contributed by atoms with Crippen LogP contribution in [-0.4, -0.2) is 121 Å². The Hall–Kier alpha value is -4.26. The molecule has 0 spiro atoms. The molecule has 0 radical (unpaired) electrons. The average Bonchev–Trinajstić information content (AvgIpc) is 3.26. The van der Waals surface area contributed by atoms with Gasteiger partial charge in [0.15, 0.2) is 22.6 Å². The number of nitrogens with two attached hydrogens (primary N) is 3. The second-order valence-electron chi connectivity index (χ2n) is 16.3. The first-order valence-electron chi connectivity index (χ1n) is 22.0. The summed E-state index contributed by atoms with van der Waals surface area (Å²) in [4.78, 5) is 40.2. The Balaban J connectivity index is 1.24. The van der Waals surface area contributed by atoms with Gasteiger partial charge in [0.25, 0.3) is 5.91 Å². The normalized spacial score (nSPS) is 15.4. The van der Waals surface area contributed by atoms with Crippen LogP contribution in [0.2, 0.25) is 5.15 Å². The van der Waals surface area contributed by atoms with Gasteiger partial charge in [0.05, 0.1) is 24.4 Å². The van der Waals surface area contributed by atoms with Crippen molar-refractivity contribution in [3.63, 3.8) is 0 Å². The number of hydrogen-bond acceptors (Lipinski definition) is 13. The molecule has 0 bridgehead atoms. The van der Waals surface area contributed by atoms with Crippen LogP contribution in [0.15, 0.2) is 41.4 Å². The highest BCUT2D eigenvalue weighted by Crippen LogP contribution is 2.30. The zero-order valence-corrected chi connectivity index (χ0v) is 37.0. The van der Waals surface area contributed by atoms with E-state index in [2.05, 4.69) is 49.6 Å². The van der Waals surface area contributed by atoms with E-state index >= 15 is 0 Å². The molecule has 1 heterocycles. The molecule has 16 nitrogen and oxygen atoms in total. The third-order valence-electron chi connectivity index (χ3n) is 11.4. The molecule has 62 heavy (non-hydrogen) atoms. The van der Waals surface area contributed by atoms with E-state index in [4.69, 9.17) is 33.9 Å². The monoisotopic (exact) mass is 881 g/mol. The van der Waals surface area contributed by atoms with Crippen LogP contribution >= 0.6 is 11.6 Å². The minimum atomic E-state index is -1.65. The maximum Gasteiger partial charge on any atom is 0.280 e. The lowest BCUT2D eigenvalue weighted by molar-refractivity contribution is -0.119. The topological polar surface area (TPSA) is 279 Å². The first-order chi connectivity index (χ1) is 29.7. The molecule has 13 N–H and O–H groups in total. The van der Waals surface area contributed by atoms with Crippen LogP contribution in [0.1, 0.15) is 109 Å². The number of fused-ring (bicyclic) bond motifs is 1. The lowest BCUT2D eigenvalue weighted by Crippen LogP contribution is -2.50. The van der Waals surface area contributed by atoms with Crippen molar-refractivity contribution in [2.45, 2.75) is 134 Å². The van der Waals surface area contributed by atoms with Crippen molar-refractivity contribution >= 4 is 40.9 Å². The summed E-state index contributed by atoms with van der Waals surface area (Å²) < 4.78 is 0. The number of carbonyl (C=O) groups is 2. The number of benzene rings is 2. The van der Waals surface area contributed by atoms with E-state index in [1.807, 2.05) is 24.3 Å². The van der Waals surface area contributed by atoms with Gasteiger partial charge >= 0.3 is 0 Å². The number of aromatic nitrogens is 2. The number of aliphatic imine (C=N–C) groups is 1. The Morgan fingerprint density at radius 1 is 0.871 bits per heavy atom. The zero-order chi connectivity index (χ0) is 45.2. The highest BCUT2D eigenvalue weighted by Gasteiger charge is 2.31. The first kappa shape index (κ1) is 50.4. The molecule has 4 rings (SSSR count). The maximum atomic E-state index is 13.3. The van der Waals surface area contributed by atoms with Gasteiger partial charge in [-0.15, -0.1) is 0 Å². The van der Waals surface area contributed by atoms with E-state index < -0.39 is 43.0 Å². The largest absolute Gasteiger partial charge is 0.394 e. The number of nitrogens with zero attached hydrogens (tertiary/aromatic N) is 4. The molecule has 0 aliphatic heterocycles. The third kappa shape index (κ3) is 15.5. The molecule has 342 valence electrons. The van der Waals surface area contributed by atoms with Crippen LogP contribution in [0.5, 0.6) is 0 Å². The molecule has 2 aromatic carbocycles. The Morgan fingerprint density at radius 2 is 1.53 bits per heavy atom. The fraction of sp³-hybridized carbons (Fsp3) is 0.578. The molecule has 1 aromatic heterocycles. The van der Waals surface area contributed by atoms with Crippen LogP contribution in [0.3, 0.4) is 0 Å². The summed E-state index contributed by atoms with van der Waals surface area (Å²) in [5, 5.41) is 55.4. The molecule has 1 aliphatic rings. The summed E-state index contributed by atoms with van der Waals surface area (Å²) >= 11 is 6.00. The molecular formula is C45H68ClN9O7. The average molecular weight is 883 g/mol. The van der Waals surface area contributed by atoms with Crippen molar-refractivity contribution in [1.29, 1.82) is 0 Å². The van der Waals surface area contributed by atoms with Crippen molar-refractivity contribution < 1.29 is 35.1 Å². The highest BCUT2D eigenvalue weighted by atomic mass is 35.5. The number of nitrogen functional groups attached to an aromatic ring is 1. The van der Waals surface area contributed by atoms with Gasteiger partial charge in [-0.05, 0) is 131 Å². The highest BCUT2D eigenvalue weighted by molar-refractivity contribution is 6.30. The van der Waals surface area contributed by atoms with Crippen LogP contribution in [0.25, 0.3) is 0 Å². The molecule has 1 aliphatic carbocycles. The Labute approximate surface area is 370 Å². The van der Waals surface area contributed by atoms with E-state index in [1.165, 1.54) is 16.7 Å². The van der Waals surface area contributed by atoms with Gasteiger partial charge in [-0.3, -0.25) is 19.9 Å². The van der Waals surface area contributed by atoms with Gasteiger partial charge in [0, 0.05) is 18.8 Å². The number of aliphatic hydroxyl groups is 5.